The fourth-order valence-electron chi connectivity index (χ4n) is 4.24. The number of carbonyl (C=O) groups excluding carboxylic acids is 1. The zero-order chi connectivity index (χ0) is 20.5. The number of nitrogen functional groups attached to an aromatic ring is 1. The number of benzene rings is 1. The average molecular weight is 497 g/mol. The van der Waals surface area contributed by atoms with Crippen molar-refractivity contribution in [3.05, 3.63) is 59.5 Å². The predicted molar refractivity (Wildman–Crippen MR) is 135 cm³/mol. The quantitative estimate of drug-likeness (QED) is 0.589. The molecule has 1 fully saturated rings. The van der Waals surface area contributed by atoms with Crippen LogP contribution in [0.2, 0.25) is 0 Å². The van der Waals surface area contributed by atoms with E-state index in [0.717, 1.165) is 55.6 Å². The highest BCUT2D eigenvalue weighted by atomic mass is 35.5. The Kier molecular flexibility index (Phi) is 9.18. The SMILES string of the molecule is Cl.Cl.Nc1ccccc1N1CCN(CCOC2=CC3=CNC4=C(N=CCC4=O)N3C2)CC1.O. The molecular formula is C22H30Cl2N6O3. The summed E-state index contributed by atoms with van der Waals surface area (Å²) in [6.07, 6.45) is 5.89. The Hall–Kier alpha value is -2.72. The van der Waals surface area contributed by atoms with Gasteiger partial charge in [0, 0.05) is 57.6 Å². The molecule has 33 heavy (non-hydrogen) atoms. The largest absolute Gasteiger partial charge is 0.495 e. The van der Waals surface area contributed by atoms with Gasteiger partial charge in [-0.3, -0.25) is 9.69 Å². The average Bonchev–Trinajstić information content (AvgIpc) is 3.18. The number of piperazine rings is 1. The van der Waals surface area contributed by atoms with Gasteiger partial charge in [-0.15, -0.1) is 24.8 Å². The third kappa shape index (κ3) is 5.44. The third-order valence-corrected chi connectivity index (χ3v) is 5.89. The van der Waals surface area contributed by atoms with Crippen molar-refractivity contribution < 1.29 is 15.0 Å². The molecule has 4 heterocycles. The Labute approximate surface area is 205 Å². The lowest BCUT2D eigenvalue weighted by Gasteiger charge is -2.36. The molecule has 5 rings (SSSR count). The fraction of sp³-hybridized carbons (Fsp3) is 0.364. The lowest BCUT2D eigenvalue weighted by atomic mass is 10.1. The zero-order valence-corrected chi connectivity index (χ0v) is 19.8. The van der Waals surface area contributed by atoms with Gasteiger partial charge in [0.2, 0.25) is 0 Å². The number of ether oxygens (including phenoxy) is 1. The van der Waals surface area contributed by atoms with Gasteiger partial charge in [-0.1, -0.05) is 12.1 Å². The molecular weight excluding hydrogens is 467 g/mol. The minimum Gasteiger partial charge on any atom is -0.495 e. The van der Waals surface area contributed by atoms with Crippen LogP contribution in [0.5, 0.6) is 0 Å². The topological polar surface area (TPSA) is 118 Å². The van der Waals surface area contributed by atoms with Crippen molar-refractivity contribution in [1.29, 1.82) is 0 Å². The first-order chi connectivity index (χ1) is 14.7. The highest BCUT2D eigenvalue weighted by molar-refractivity contribution is 6.05. The van der Waals surface area contributed by atoms with E-state index in [1.54, 1.807) is 6.21 Å². The third-order valence-electron chi connectivity index (χ3n) is 5.89. The number of carbonyl (C=O) groups is 1. The highest BCUT2D eigenvalue weighted by Crippen LogP contribution is 2.31. The number of Topliss-reactive ketones (excluding diaryl/α,β-unsaturated/α-hetero) is 1. The monoisotopic (exact) mass is 496 g/mol. The molecule has 1 aromatic carbocycles. The van der Waals surface area contributed by atoms with Gasteiger partial charge in [-0.05, 0) is 12.1 Å². The van der Waals surface area contributed by atoms with E-state index < -0.39 is 0 Å². The van der Waals surface area contributed by atoms with Crippen LogP contribution in [-0.4, -0.2) is 73.1 Å². The lowest BCUT2D eigenvalue weighted by molar-refractivity contribution is -0.115. The van der Waals surface area contributed by atoms with Gasteiger partial charge in [0.1, 0.15) is 18.1 Å². The number of rotatable bonds is 5. The maximum atomic E-state index is 12.0. The molecule has 11 heteroatoms. The molecule has 1 aromatic rings. The summed E-state index contributed by atoms with van der Waals surface area (Å²) in [7, 11) is 0. The smallest absolute Gasteiger partial charge is 0.188 e. The summed E-state index contributed by atoms with van der Waals surface area (Å²) in [5.41, 5.74) is 9.63. The standard InChI is InChI=1S/C22H26N6O2.2ClH.H2O/c23-18-3-1-2-4-19(18)27-9-7-26(8-10-27)11-12-30-17-13-16-14-25-21-20(29)5-6-24-22(21)28(16)15-17;;;/h1-4,6,13-14,25H,5,7-12,15,23H2;2*1H;1H2. The molecule has 9 nitrogen and oxygen atoms in total. The van der Waals surface area contributed by atoms with Crippen molar-refractivity contribution in [1.82, 2.24) is 15.1 Å². The van der Waals surface area contributed by atoms with Crippen molar-refractivity contribution >= 4 is 48.2 Å². The molecule has 0 radical (unpaired) electrons. The van der Waals surface area contributed by atoms with E-state index in [1.165, 1.54) is 0 Å². The van der Waals surface area contributed by atoms with Crippen molar-refractivity contribution in [3.8, 4) is 0 Å². The van der Waals surface area contributed by atoms with Crippen molar-refractivity contribution in [3.63, 3.8) is 0 Å². The minimum atomic E-state index is 0. The first-order valence-corrected chi connectivity index (χ1v) is 10.4. The summed E-state index contributed by atoms with van der Waals surface area (Å²) in [6, 6.07) is 8.05. The van der Waals surface area contributed by atoms with Crippen LogP contribution in [0.3, 0.4) is 0 Å². The predicted octanol–water partition coefficient (Wildman–Crippen LogP) is 1.28. The molecule has 0 amide bonds. The Morgan fingerprint density at radius 3 is 2.64 bits per heavy atom. The van der Waals surface area contributed by atoms with Gasteiger partial charge in [0.25, 0.3) is 0 Å². The van der Waals surface area contributed by atoms with Gasteiger partial charge >= 0.3 is 0 Å². The maximum absolute atomic E-state index is 12.0. The molecule has 5 N–H and O–H groups in total. The highest BCUT2D eigenvalue weighted by Gasteiger charge is 2.31. The van der Waals surface area contributed by atoms with Crippen LogP contribution in [0.25, 0.3) is 0 Å². The molecule has 0 unspecified atom stereocenters. The van der Waals surface area contributed by atoms with E-state index >= 15 is 0 Å². The van der Waals surface area contributed by atoms with Gasteiger partial charge in [0.05, 0.1) is 23.6 Å². The summed E-state index contributed by atoms with van der Waals surface area (Å²) in [6.45, 7) is 6.05. The number of ketones is 1. The molecule has 0 spiro atoms. The number of fused-ring (bicyclic) bond motifs is 2. The molecule has 0 saturated carbocycles. The number of hydrogen-bond donors (Lipinski definition) is 2. The summed E-state index contributed by atoms with van der Waals surface area (Å²) in [5, 5.41) is 3.08. The van der Waals surface area contributed by atoms with Crippen LogP contribution >= 0.6 is 24.8 Å². The van der Waals surface area contributed by atoms with Gasteiger partial charge < -0.3 is 31.1 Å². The molecule has 1 saturated heterocycles. The van der Waals surface area contributed by atoms with Crippen molar-refractivity contribution in [2.75, 3.05) is 56.5 Å². The Bertz CT molecular complexity index is 986. The number of anilines is 2. The number of nitrogens with zero attached hydrogens (tertiary/aromatic N) is 4. The number of nitrogens with two attached hydrogens (primary N) is 1. The normalized spacial score (nSPS) is 19.2. The van der Waals surface area contributed by atoms with E-state index in [2.05, 4.69) is 26.2 Å². The number of aliphatic imine (C=N–C) groups is 1. The van der Waals surface area contributed by atoms with Crippen LogP contribution < -0.4 is 16.0 Å². The Balaban J connectivity index is 0.00000128. The minimum absolute atomic E-state index is 0. The second-order valence-corrected chi connectivity index (χ2v) is 7.78. The second-order valence-electron chi connectivity index (χ2n) is 7.78. The molecule has 0 bridgehead atoms. The fourth-order valence-corrected chi connectivity index (χ4v) is 4.24. The summed E-state index contributed by atoms with van der Waals surface area (Å²) >= 11 is 0. The zero-order valence-electron chi connectivity index (χ0n) is 18.2. The first kappa shape index (κ1) is 26.5. The van der Waals surface area contributed by atoms with Crippen LogP contribution in [0.15, 0.2) is 64.5 Å². The molecule has 0 aromatic heterocycles. The number of para-hydroxylation sites is 2. The molecule has 0 aliphatic carbocycles. The van der Waals surface area contributed by atoms with Crippen LogP contribution in [0.1, 0.15) is 6.42 Å². The number of halogens is 2. The molecule has 180 valence electrons. The van der Waals surface area contributed by atoms with E-state index in [4.69, 9.17) is 10.5 Å². The van der Waals surface area contributed by atoms with Gasteiger partial charge in [-0.25, -0.2) is 4.99 Å². The van der Waals surface area contributed by atoms with E-state index in [0.29, 0.717) is 31.1 Å². The number of hydrogen-bond acceptors (Lipinski definition) is 8. The number of nitrogens with one attached hydrogen (secondary N) is 1. The van der Waals surface area contributed by atoms with E-state index in [1.807, 2.05) is 35.4 Å². The lowest BCUT2D eigenvalue weighted by Crippen LogP contribution is -2.47. The van der Waals surface area contributed by atoms with Gasteiger partial charge in [-0.2, -0.15) is 0 Å². The summed E-state index contributed by atoms with van der Waals surface area (Å²) in [5.74, 6) is 1.66. The van der Waals surface area contributed by atoms with Crippen LogP contribution in [0, 0.1) is 0 Å². The summed E-state index contributed by atoms with van der Waals surface area (Å²) < 4.78 is 6.05. The first-order valence-electron chi connectivity index (χ1n) is 10.4. The van der Waals surface area contributed by atoms with Crippen LogP contribution in [-0.2, 0) is 9.53 Å². The van der Waals surface area contributed by atoms with Crippen LogP contribution in [0.4, 0.5) is 11.4 Å². The maximum Gasteiger partial charge on any atom is 0.188 e. The molecule has 4 aliphatic heterocycles. The Morgan fingerprint density at radius 2 is 1.88 bits per heavy atom. The number of allylic oxidation sites excluding steroid dienone is 2. The van der Waals surface area contributed by atoms with E-state index in [9.17, 15) is 4.79 Å². The molecule has 4 aliphatic rings. The van der Waals surface area contributed by atoms with Crippen molar-refractivity contribution in [2.45, 2.75) is 6.42 Å². The van der Waals surface area contributed by atoms with Crippen molar-refractivity contribution in [2.24, 2.45) is 4.99 Å². The second kappa shape index (κ2) is 11.4. The molecule has 0 atom stereocenters. The van der Waals surface area contributed by atoms with E-state index in [-0.39, 0.29) is 36.1 Å². The summed E-state index contributed by atoms with van der Waals surface area (Å²) in [4.78, 5) is 23.3. The Morgan fingerprint density at radius 1 is 1.12 bits per heavy atom. The van der Waals surface area contributed by atoms with Gasteiger partial charge in [0.15, 0.2) is 11.6 Å².